The van der Waals surface area contributed by atoms with Crippen LogP contribution >= 0.6 is 0 Å². The number of hydrogen-bond donors (Lipinski definition) is 2. The Balaban J connectivity index is 1.63. The van der Waals surface area contributed by atoms with Gasteiger partial charge in [-0.1, -0.05) is 91.0 Å². The second-order valence-corrected chi connectivity index (χ2v) is 7.89. The summed E-state index contributed by atoms with van der Waals surface area (Å²) in [5.41, 5.74) is 2.89. The van der Waals surface area contributed by atoms with E-state index in [0.29, 0.717) is 12.8 Å². The smallest absolute Gasteiger partial charge is 0.407 e. The lowest BCUT2D eigenvalue weighted by Gasteiger charge is -2.26. The van der Waals surface area contributed by atoms with E-state index in [2.05, 4.69) is 5.32 Å². The summed E-state index contributed by atoms with van der Waals surface area (Å²) >= 11 is 0. The van der Waals surface area contributed by atoms with Crippen LogP contribution in [0.2, 0.25) is 0 Å². The molecule has 0 aliphatic carbocycles. The van der Waals surface area contributed by atoms with E-state index in [1.807, 2.05) is 91.0 Å². The number of benzene rings is 3. The molecule has 0 radical (unpaired) electrons. The van der Waals surface area contributed by atoms with Crippen LogP contribution < -0.4 is 5.32 Å². The Morgan fingerprint density at radius 2 is 1.31 bits per heavy atom. The second-order valence-electron chi connectivity index (χ2n) is 7.89. The van der Waals surface area contributed by atoms with Crippen molar-refractivity contribution in [1.29, 1.82) is 0 Å². The second kappa shape index (κ2) is 12.4. The first-order valence-corrected chi connectivity index (χ1v) is 10.8. The highest BCUT2D eigenvalue weighted by molar-refractivity contribution is 5.67. The van der Waals surface area contributed by atoms with Crippen LogP contribution in [0.25, 0.3) is 0 Å². The number of nitrogens with one attached hydrogen (secondary N) is 1. The summed E-state index contributed by atoms with van der Waals surface area (Å²) in [7, 11) is 0. The average molecular weight is 432 g/mol. The Morgan fingerprint density at radius 3 is 1.84 bits per heavy atom. The minimum absolute atomic E-state index is 0.145. The highest BCUT2D eigenvalue weighted by atomic mass is 16.5. The molecule has 3 aromatic carbocycles. The van der Waals surface area contributed by atoms with Crippen LogP contribution in [0, 0.1) is 5.92 Å². The molecule has 0 saturated heterocycles. The monoisotopic (exact) mass is 431 g/mol. The van der Waals surface area contributed by atoms with Crippen molar-refractivity contribution in [2.75, 3.05) is 0 Å². The Hall–Kier alpha value is -3.44. The summed E-state index contributed by atoms with van der Waals surface area (Å²) in [6.45, 7) is 0.145. The third-order valence-corrected chi connectivity index (χ3v) is 5.36. The Kier molecular flexibility index (Phi) is 9.02. The molecule has 3 rings (SSSR count). The number of amides is 1. The van der Waals surface area contributed by atoms with Gasteiger partial charge in [0.2, 0.25) is 0 Å². The molecule has 0 aliphatic rings. The number of aldehydes is 1. The molecule has 5 nitrogen and oxygen atoms in total. The maximum atomic E-state index is 12.5. The van der Waals surface area contributed by atoms with Crippen molar-refractivity contribution in [3.63, 3.8) is 0 Å². The Morgan fingerprint density at radius 1 is 0.812 bits per heavy atom. The van der Waals surface area contributed by atoms with E-state index in [0.717, 1.165) is 23.0 Å². The summed E-state index contributed by atoms with van der Waals surface area (Å²) in [6, 6.07) is 28.2. The first-order chi connectivity index (χ1) is 15.6. The maximum Gasteiger partial charge on any atom is 0.407 e. The fourth-order valence-corrected chi connectivity index (χ4v) is 3.65. The zero-order chi connectivity index (χ0) is 22.6. The minimum atomic E-state index is -0.904. The van der Waals surface area contributed by atoms with E-state index < -0.39 is 18.2 Å². The third kappa shape index (κ3) is 7.67. The molecule has 0 unspecified atom stereocenters. The molecule has 1 amide bonds. The average Bonchev–Trinajstić information content (AvgIpc) is 2.84. The molecule has 32 heavy (non-hydrogen) atoms. The maximum absolute atomic E-state index is 12.5. The van der Waals surface area contributed by atoms with Gasteiger partial charge in [0.1, 0.15) is 12.9 Å². The van der Waals surface area contributed by atoms with Gasteiger partial charge in [-0.15, -0.1) is 0 Å². The summed E-state index contributed by atoms with van der Waals surface area (Å²) in [4.78, 5) is 24.1. The van der Waals surface area contributed by atoms with Crippen molar-refractivity contribution in [2.45, 2.75) is 38.0 Å². The van der Waals surface area contributed by atoms with Crippen molar-refractivity contribution < 1.29 is 19.4 Å². The highest BCUT2D eigenvalue weighted by Crippen LogP contribution is 2.17. The van der Waals surface area contributed by atoms with Crippen molar-refractivity contribution in [1.82, 2.24) is 5.32 Å². The first kappa shape index (κ1) is 23.2. The number of hydrogen-bond acceptors (Lipinski definition) is 4. The van der Waals surface area contributed by atoms with Gasteiger partial charge >= 0.3 is 6.09 Å². The zero-order valence-electron chi connectivity index (χ0n) is 18.0. The Labute approximate surface area is 189 Å². The topological polar surface area (TPSA) is 75.6 Å². The number of ether oxygens (including phenoxy) is 1. The largest absolute Gasteiger partial charge is 0.445 e. The van der Waals surface area contributed by atoms with Crippen LogP contribution in [0.5, 0.6) is 0 Å². The number of aliphatic hydroxyl groups is 1. The Bertz CT molecular complexity index is 947. The van der Waals surface area contributed by atoms with Crippen LogP contribution in [-0.4, -0.2) is 29.6 Å². The van der Waals surface area contributed by atoms with Gasteiger partial charge in [0.25, 0.3) is 0 Å². The highest BCUT2D eigenvalue weighted by Gasteiger charge is 2.25. The van der Waals surface area contributed by atoms with Gasteiger partial charge in [-0.2, -0.15) is 0 Å². The van der Waals surface area contributed by atoms with E-state index in [4.69, 9.17) is 4.74 Å². The molecular weight excluding hydrogens is 402 g/mol. The van der Waals surface area contributed by atoms with Crippen molar-refractivity contribution in [2.24, 2.45) is 5.92 Å². The molecule has 0 heterocycles. The summed E-state index contributed by atoms with van der Waals surface area (Å²) in [5.74, 6) is -0.354. The lowest BCUT2D eigenvalue weighted by molar-refractivity contribution is -0.112. The molecule has 0 aliphatic heterocycles. The van der Waals surface area contributed by atoms with E-state index in [9.17, 15) is 14.7 Å². The van der Waals surface area contributed by atoms with Crippen molar-refractivity contribution in [3.05, 3.63) is 108 Å². The van der Waals surface area contributed by atoms with Gasteiger partial charge in [-0.05, 0) is 36.0 Å². The lowest BCUT2D eigenvalue weighted by Crippen LogP contribution is -2.46. The van der Waals surface area contributed by atoms with Gasteiger partial charge in [0.05, 0.1) is 12.1 Å². The zero-order valence-corrected chi connectivity index (χ0v) is 18.0. The van der Waals surface area contributed by atoms with Gasteiger partial charge in [-0.3, -0.25) is 0 Å². The first-order valence-electron chi connectivity index (χ1n) is 10.8. The van der Waals surface area contributed by atoms with Gasteiger partial charge in [0.15, 0.2) is 0 Å². The van der Waals surface area contributed by atoms with E-state index >= 15 is 0 Å². The lowest BCUT2D eigenvalue weighted by atomic mass is 9.90. The predicted molar refractivity (Wildman–Crippen MR) is 124 cm³/mol. The number of rotatable bonds is 11. The standard InChI is InChI=1S/C27H29NO4/c29-19-24(16-21-10-4-1-5-11-21)18-26(30)25(17-22-12-6-2-7-13-22)28-27(31)32-20-23-14-8-3-9-15-23/h1-15,19,24-26,30H,16-18,20H2,(H,28,31)/t24-,25+,26+/m1/s1. The SMILES string of the molecule is O=C[C@H](Cc1ccccc1)C[C@H](O)[C@H](Cc1ccccc1)NC(=O)OCc1ccccc1. The third-order valence-electron chi connectivity index (χ3n) is 5.36. The van der Waals surface area contributed by atoms with Crippen molar-refractivity contribution in [3.8, 4) is 0 Å². The van der Waals surface area contributed by atoms with Crippen LogP contribution in [0.15, 0.2) is 91.0 Å². The molecular formula is C27H29NO4. The van der Waals surface area contributed by atoms with Crippen LogP contribution in [0.3, 0.4) is 0 Å². The molecule has 2 N–H and O–H groups in total. The minimum Gasteiger partial charge on any atom is -0.445 e. The molecule has 0 bridgehead atoms. The van der Waals surface area contributed by atoms with Gasteiger partial charge in [0, 0.05) is 5.92 Å². The molecule has 166 valence electrons. The molecule has 3 atom stereocenters. The van der Waals surface area contributed by atoms with E-state index in [-0.39, 0.29) is 18.9 Å². The summed E-state index contributed by atoms with van der Waals surface area (Å²) in [5, 5.41) is 13.8. The number of carbonyl (C=O) groups excluding carboxylic acids is 2. The number of alkyl carbamates (subject to hydrolysis) is 1. The number of aliphatic hydroxyl groups excluding tert-OH is 1. The normalized spacial score (nSPS) is 13.5. The fourth-order valence-electron chi connectivity index (χ4n) is 3.65. The molecule has 0 fully saturated rings. The van der Waals surface area contributed by atoms with Gasteiger partial charge < -0.3 is 20.0 Å². The molecule has 0 spiro atoms. The number of carbonyl (C=O) groups is 2. The van der Waals surface area contributed by atoms with Crippen molar-refractivity contribution >= 4 is 12.4 Å². The molecule has 0 aromatic heterocycles. The molecule has 3 aromatic rings. The van der Waals surface area contributed by atoms with E-state index in [1.54, 1.807) is 0 Å². The summed E-state index contributed by atoms with van der Waals surface area (Å²) in [6.07, 6.45) is 0.591. The van der Waals surface area contributed by atoms with Crippen LogP contribution in [0.4, 0.5) is 4.79 Å². The predicted octanol–water partition coefficient (Wildman–Crippen LogP) is 4.33. The van der Waals surface area contributed by atoms with Crippen LogP contribution in [-0.2, 0) is 29.0 Å². The molecule has 0 saturated carbocycles. The quantitative estimate of drug-likeness (QED) is 0.443. The van der Waals surface area contributed by atoms with Gasteiger partial charge in [-0.25, -0.2) is 4.79 Å². The summed E-state index contributed by atoms with van der Waals surface area (Å²) < 4.78 is 5.34. The fraction of sp³-hybridized carbons (Fsp3) is 0.259. The van der Waals surface area contributed by atoms with E-state index in [1.165, 1.54) is 0 Å². The van der Waals surface area contributed by atoms with Crippen LogP contribution in [0.1, 0.15) is 23.1 Å². The molecule has 5 heteroatoms.